The molecule has 0 radical (unpaired) electrons. The van der Waals surface area contributed by atoms with Gasteiger partial charge in [-0.1, -0.05) is 0 Å². The van der Waals surface area contributed by atoms with Crippen molar-refractivity contribution < 1.29 is 19.4 Å². The molecule has 0 bridgehead atoms. The van der Waals surface area contributed by atoms with Crippen molar-refractivity contribution in [3.05, 3.63) is 28.6 Å². The predicted octanol–water partition coefficient (Wildman–Crippen LogP) is 2.59. The van der Waals surface area contributed by atoms with E-state index in [-0.39, 0.29) is 13.2 Å². The molecule has 0 atom stereocenters. The number of halogens is 1. The first-order valence-corrected chi connectivity index (χ1v) is 6.79. The summed E-state index contributed by atoms with van der Waals surface area (Å²) in [4.78, 5) is 18.1. The summed E-state index contributed by atoms with van der Waals surface area (Å²) in [6, 6.07) is 5.54. The van der Waals surface area contributed by atoms with Crippen LogP contribution in [0.1, 0.15) is 12.1 Å². The van der Waals surface area contributed by atoms with Gasteiger partial charge in [0.15, 0.2) is 16.2 Å². The van der Waals surface area contributed by atoms with Gasteiger partial charge in [0.25, 0.3) is 0 Å². The number of fused-ring (bicyclic) bond motifs is 1. The summed E-state index contributed by atoms with van der Waals surface area (Å²) in [5.74, 6) is 0.536. The number of aryl methyl sites for hydroxylation is 1. The van der Waals surface area contributed by atoms with Gasteiger partial charge in [0.1, 0.15) is 0 Å². The van der Waals surface area contributed by atoms with Gasteiger partial charge in [-0.3, -0.25) is 4.79 Å². The second-order valence-electron chi connectivity index (χ2n) is 4.32. The second-order valence-corrected chi connectivity index (χ2v) is 5.07. The summed E-state index contributed by atoms with van der Waals surface area (Å²) >= 11 is 3.28. The number of aromatic nitrogens is 2. The fourth-order valence-electron chi connectivity index (χ4n) is 2.07. The Kier molecular flexibility index (Phi) is 3.35. The van der Waals surface area contributed by atoms with Crippen LogP contribution >= 0.6 is 15.9 Å². The molecule has 0 spiro atoms. The Morgan fingerprint density at radius 1 is 1.40 bits per heavy atom. The second kappa shape index (κ2) is 5.16. The Labute approximate surface area is 122 Å². The molecular weight excluding hydrogens is 328 g/mol. The molecule has 1 aromatic carbocycles. The van der Waals surface area contributed by atoms with Gasteiger partial charge in [0.05, 0.1) is 12.1 Å². The zero-order chi connectivity index (χ0) is 14.1. The largest absolute Gasteiger partial charge is 0.481 e. The molecule has 0 saturated heterocycles. The minimum atomic E-state index is -0.840. The number of hydrogen-bond acceptors (Lipinski definition) is 4. The van der Waals surface area contributed by atoms with Crippen molar-refractivity contribution in [3.63, 3.8) is 0 Å². The molecule has 0 unspecified atom stereocenters. The van der Waals surface area contributed by atoms with E-state index in [1.54, 1.807) is 0 Å². The van der Waals surface area contributed by atoms with Crippen LogP contribution in [-0.2, 0) is 11.2 Å². The van der Waals surface area contributed by atoms with Crippen LogP contribution in [0.5, 0.6) is 11.5 Å². The maximum Gasteiger partial charge on any atom is 0.303 e. The third kappa shape index (κ3) is 2.49. The van der Waals surface area contributed by atoms with Crippen molar-refractivity contribution in [2.75, 3.05) is 6.79 Å². The highest BCUT2D eigenvalue weighted by molar-refractivity contribution is 9.10. The standard InChI is InChI=1S/C13H11BrN2O4/c14-13-15-8(2-4-11(17)18)12(16-13)7-1-3-9-10(5-7)20-6-19-9/h1,3,5H,2,4,6H2,(H,15,16)(H,17,18). The lowest BCUT2D eigenvalue weighted by Crippen LogP contribution is -1.99. The normalized spacial score (nSPS) is 12.7. The zero-order valence-corrected chi connectivity index (χ0v) is 11.9. The fourth-order valence-corrected chi connectivity index (χ4v) is 2.49. The van der Waals surface area contributed by atoms with Gasteiger partial charge < -0.3 is 19.6 Å². The van der Waals surface area contributed by atoms with Gasteiger partial charge >= 0.3 is 5.97 Å². The number of H-pyrrole nitrogens is 1. The molecule has 0 saturated carbocycles. The third-order valence-electron chi connectivity index (χ3n) is 2.98. The number of imidazole rings is 1. The summed E-state index contributed by atoms with van der Waals surface area (Å²) in [5.41, 5.74) is 2.35. The van der Waals surface area contributed by atoms with E-state index < -0.39 is 5.97 Å². The molecule has 0 fully saturated rings. The van der Waals surface area contributed by atoms with Crippen molar-refractivity contribution >= 4 is 21.9 Å². The van der Waals surface area contributed by atoms with Crippen molar-refractivity contribution in [2.24, 2.45) is 0 Å². The molecule has 3 rings (SSSR count). The Morgan fingerprint density at radius 2 is 2.20 bits per heavy atom. The zero-order valence-electron chi connectivity index (χ0n) is 10.4. The molecule has 1 aliphatic rings. The number of rotatable bonds is 4. The van der Waals surface area contributed by atoms with Crippen molar-refractivity contribution in [3.8, 4) is 22.8 Å². The lowest BCUT2D eigenvalue weighted by molar-refractivity contribution is -0.136. The molecule has 104 valence electrons. The molecule has 2 N–H and O–H groups in total. The lowest BCUT2D eigenvalue weighted by Gasteiger charge is -2.03. The van der Waals surface area contributed by atoms with E-state index in [1.807, 2.05) is 18.2 Å². The topological polar surface area (TPSA) is 84.4 Å². The predicted molar refractivity (Wildman–Crippen MR) is 73.8 cm³/mol. The van der Waals surface area contributed by atoms with Crippen LogP contribution in [-0.4, -0.2) is 27.8 Å². The van der Waals surface area contributed by atoms with E-state index in [4.69, 9.17) is 14.6 Å². The number of aromatic amines is 1. The molecule has 0 aliphatic carbocycles. The number of nitrogens with zero attached hydrogens (tertiary/aromatic N) is 1. The first-order chi connectivity index (χ1) is 9.63. The van der Waals surface area contributed by atoms with Gasteiger partial charge in [0, 0.05) is 17.7 Å². The highest BCUT2D eigenvalue weighted by atomic mass is 79.9. The van der Waals surface area contributed by atoms with E-state index in [0.29, 0.717) is 22.7 Å². The van der Waals surface area contributed by atoms with E-state index in [0.717, 1.165) is 17.0 Å². The quantitative estimate of drug-likeness (QED) is 0.894. The molecule has 20 heavy (non-hydrogen) atoms. The maximum absolute atomic E-state index is 10.7. The Balaban J connectivity index is 1.95. The van der Waals surface area contributed by atoms with Crippen LogP contribution in [0.25, 0.3) is 11.3 Å². The fraction of sp³-hybridized carbons (Fsp3) is 0.231. The molecule has 1 aromatic heterocycles. The average molecular weight is 339 g/mol. The molecule has 7 heteroatoms. The minimum Gasteiger partial charge on any atom is -0.481 e. The molecule has 2 heterocycles. The number of carbonyl (C=O) groups is 1. The van der Waals surface area contributed by atoms with Gasteiger partial charge in [-0.25, -0.2) is 4.98 Å². The van der Waals surface area contributed by atoms with Crippen LogP contribution in [0.2, 0.25) is 0 Å². The first-order valence-electron chi connectivity index (χ1n) is 5.99. The van der Waals surface area contributed by atoms with Crippen molar-refractivity contribution in [1.82, 2.24) is 9.97 Å². The average Bonchev–Trinajstić information content (AvgIpc) is 3.01. The highest BCUT2D eigenvalue weighted by Crippen LogP contribution is 2.36. The van der Waals surface area contributed by atoms with Crippen LogP contribution in [0.4, 0.5) is 0 Å². The van der Waals surface area contributed by atoms with E-state index in [9.17, 15) is 4.79 Å². The lowest BCUT2D eigenvalue weighted by atomic mass is 10.1. The minimum absolute atomic E-state index is 0.0478. The molecule has 6 nitrogen and oxygen atoms in total. The SMILES string of the molecule is O=C(O)CCc1[nH]c(Br)nc1-c1ccc2c(c1)OCO2. The van der Waals surface area contributed by atoms with Crippen LogP contribution < -0.4 is 9.47 Å². The van der Waals surface area contributed by atoms with Crippen molar-refractivity contribution in [1.29, 1.82) is 0 Å². The van der Waals surface area contributed by atoms with Crippen LogP contribution in [0.3, 0.4) is 0 Å². The summed E-state index contributed by atoms with van der Waals surface area (Å²) in [7, 11) is 0. The third-order valence-corrected chi connectivity index (χ3v) is 3.36. The summed E-state index contributed by atoms with van der Waals surface area (Å²) in [5, 5.41) is 8.79. The van der Waals surface area contributed by atoms with Gasteiger partial charge in [-0.15, -0.1) is 0 Å². The van der Waals surface area contributed by atoms with Gasteiger partial charge in [-0.2, -0.15) is 0 Å². The number of carboxylic acid groups (broad SMARTS) is 1. The Hall–Kier alpha value is -2.02. The Morgan fingerprint density at radius 3 is 3.00 bits per heavy atom. The number of aliphatic carboxylic acids is 1. The van der Waals surface area contributed by atoms with Gasteiger partial charge in [-0.05, 0) is 34.1 Å². The maximum atomic E-state index is 10.7. The molecule has 1 aliphatic heterocycles. The molecule has 0 amide bonds. The van der Waals surface area contributed by atoms with Crippen LogP contribution in [0, 0.1) is 0 Å². The number of nitrogens with one attached hydrogen (secondary N) is 1. The van der Waals surface area contributed by atoms with E-state index in [2.05, 4.69) is 25.9 Å². The van der Waals surface area contributed by atoms with E-state index in [1.165, 1.54) is 0 Å². The Bertz CT molecular complexity index is 668. The summed E-state index contributed by atoms with van der Waals surface area (Å²) in [6.45, 7) is 0.217. The smallest absolute Gasteiger partial charge is 0.303 e. The highest BCUT2D eigenvalue weighted by Gasteiger charge is 2.17. The number of benzene rings is 1. The number of hydrogen-bond donors (Lipinski definition) is 2. The summed E-state index contributed by atoms with van der Waals surface area (Å²) < 4.78 is 11.2. The molecular formula is C13H11BrN2O4. The number of carboxylic acids is 1. The number of ether oxygens (including phenoxy) is 2. The summed E-state index contributed by atoms with van der Waals surface area (Å²) in [6.07, 6.45) is 0.434. The molecule has 2 aromatic rings. The van der Waals surface area contributed by atoms with E-state index >= 15 is 0 Å². The van der Waals surface area contributed by atoms with Crippen LogP contribution in [0.15, 0.2) is 22.9 Å². The monoisotopic (exact) mass is 338 g/mol. The first kappa shape index (κ1) is 13.0. The van der Waals surface area contributed by atoms with Crippen molar-refractivity contribution in [2.45, 2.75) is 12.8 Å². The van der Waals surface area contributed by atoms with Gasteiger partial charge in [0.2, 0.25) is 6.79 Å².